The number of carbonyl (C=O) groups is 1. The quantitative estimate of drug-likeness (QED) is 0.467. The lowest BCUT2D eigenvalue weighted by molar-refractivity contribution is -0.385. The van der Waals surface area contributed by atoms with Crippen molar-refractivity contribution in [3.8, 4) is 5.75 Å². The van der Waals surface area contributed by atoms with Crippen LogP contribution >= 0.6 is 0 Å². The minimum Gasteiger partial charge on any atom is -0.502 e. The molecule has 7 heteroatoms. The number of hydrogen-bond donors (Lipinski definition) is 1. The standard InChI is InChI=1S/C13H18N2O5/c1-3-14(8-9-20-4-2)13(17)10-6-5-7-11(12(10)16)15(18)19/h5-7,16H,3-4,8-9H2,1-2H3. The number of nitro benzene ring substituents is 1. The van der Waals surface area contributed by atoms with Crippen LogP contribution in [0.4, 0.5) is 5.69 Å². The van der Waals surface area contributed by atoms with Gasteiger partial charge in [-0.1, -0.05) is 6.07 Å². The van der Waals surface area contributed by atoms with E-state index in [0.717, 1.165) is 6.07 Å². The maximum Gasteiger partial charge on any atom is 0.311 e. The summed E-state index contributed by atoms with van der Waals surface area (Å²) in [6.07, 6.45) is 0. The van der Waals surface area contributed by atoms with Crippen LogP contribution in [0.25, 0.3) is 0 Å². The van der Waals surface area contributed by atoms with Gasteiger partial charge in [0.15, 0.2) is 0 Å². The van der Waals surface area contributed by atoms with Crippen molar-refractivity contribution in [1.82, 2.24) is 4.90 Å². The second-order valence-corrected chi connectivity index (χ2v) is 4.01. The summed E-state index contributed by atoms with van der Waals surface area (Å²) in [5.74, 6) is -1.05. The number of phenols is 1. The third-order valence-electron chi connectivity index (χ3n) is 2.82. The van der Waals surface area contributed by atoms with Crippen LogP contribution in [0, 0.1) is 10.1 Å². The molecule has 0 saturated carbocycles. The predicted octanol–water partition coefficient (Wildman–Crippen LogP) is 1.80. The molecule has 1 N–H and O–H groups in total. The molecule has 0 aromatic heterocycles. The van der Waals surface area contributed by atoms with Gasteiger partial charge in [-0.15, -0.1) is 0 Å². The third kappa shape index (κ3) is 3.67. The lowest BCUT2D eigenvalue weighted by atomic mass is 10.1. The number of para-hydroxylation sites is 1. The highest BCUT2D eigenvalue weighted by Crippen LogP contribution is 2.30. The minimum absolute atomic E-state index is 0.0717. The van der Waals surface area contributed by atoms with E-state index in [1.807, 2.05) is 6.92 Å². The normalized spacial score (nSPS) is 10.3. The number of carbonyl (C=O) groups excluding carboxylic acids is 1. The number of nitrogens with zero attached hydrogens (tertiary/aromatic N) is 2. The van der Waals surface area contributed by atoms with Gasteiger partial charge in [-0.05, 0) is 19.9 Å². The van der Waals surface area contributed by atoms with Crippen molar-refractivity contribution in [2.24, 2.45) is 0 Å². The summed E-state index contributed by atoms with van der Waals surface area (Å²) in [6, 6.07) is 3.90. The number of rotatable bonds is 7. The van der Waals surface area contributed by atoms with E-state index in [1.165, 1.54) is 17.0 Å². The van der Waals surface area contributed by atoms with Crippen LogP contribution in [0.2, 0.25) is 0 Å². The van der Waals surface area contributed by atoms with Gasteiger partial charge in [0.2, 0.25) is 5.75 Å². The lowest BCUT2D eigenvalue weighted by Crippen LogP contribution is -2.34. The molecule has 0 unspecified atom stereocenters. The Morgan fingerprint density at radius 2 is 2.15 bits per heavy atom. The smallest absolute Gasteiger partial charge is 0.311 e. The zero-order chi connectivity index (χ0) is 15.1. The number of hydrogen-bond acceptors (Lipinski definition) is 5. The van der Waals surface area contributed by atoms with Gasteiger partial charge < -0.3 is 14.7 Å². The van der Waals surface area contributed by atoms with Crippen molar-refractivity contribution in [2.45, 2.75) is 13.8 Å². The zero-order valence-electron chi connectivity index (χ0n) is 11.5. The van der Waals surface area contributed by atoms with Crippen LogP contribution in [0.15, 0.2) is 18.2 Å². The van der Waals surface area contributed by atoms with E-state index in [-0.39, 0.29) is 5.56 Å². The van der Waals surface area contributed by atoms with Crippen molar-refractivity contribution in [3.63, 3.8) is 0 Å². The van der Waals surface area contributed by atoms with Crippen LogP contribution in [-0.2, 0) is 4.74 Å². The largest absolute Gasteiger partial charge is 0.502 e. The summed E-state index contributed by atoms with van der Waals surface area (Å²) in [5, 5.41) is 20.6. The summed E-state index contributed by atoms with van der Waals surface area (Å²) in [4.78, 5) is 23.7. The molecule has 0 aliphatic rings. The molecule has 0 bridgehead atoms. The SMILES string of the molecule is CCOCCN(CC)C(=O)c1cccc([N+](=O)[O-])c1O. The molecule has 7 nitrogen and oxygen atoms in total. The van der Waals surface area contributed by atoms with Gasteiger partial charge in [-0.2, -0.15) is 0 Å². The maximum atomic E-state index is 12.3. The molecule has 1 aromatic rings. The fourth-order valence-electron chi connectivity index (χ4n) is 1.74. The Labute approximate surface area is 116 Å². The molecule has 0 radical (unpaired) electrons. The first-order valence-electron chi connectivity index (χ1n) is 6.36. The fourth-order valence-corrected chi connectivity index (χ4v) is 1.74. The second-order valence-electron chi connectivity index (χ2n) is 4.01. The van der Waals surface area contributed by atoms with E-state index >= 15 is 0 Å². The second kappa shape index (κ2) is 7.44. The molecule has 0 heterocycles. The van der Waals surface area contributed by atoms with Crippen molar-refractivity contribution in [3.05, 3.63) is 33.9 Å². The number of nitro groups is 1. The van der Waals surface area contributed by atoms with Crippen molar-refractivity contribution >= 4 is 11.6 Å². The first kappa shape index (κ1) is 15.9. The molecule has 1 aromatic carbocycles. The first-order chi connectivity index (χ1) is 9.52. The van der Waals surface area contributed by atoms with Crippen LogP contribution in [-0.4, -0.2) is 47.1 Å². The predicted molar refractivity (Wildman–Crippen MR) is 72.8 cm³/mol. The molecule has 110 valence electrons. The van der Waals surface area contributed by atoms with E-state index in [9.17, 15) is 20.0 Å². The highest BCUT2D eigenvalue weighted by molar-refractivity contribution is 5.98. The summed E-state index contributed by atoms with van der Waals surface area (Å²) < 4.78 is 5.18. The highest BCUT2D eigenvalue weighted by Gasteiger charge is 2.23. The Balaban J connectivity index is 2.95. The molecule has 1 rings (SSSR count). The van der Waals surface area contributed by atoms with Crippen LogP contribution in [0.5, 0.6) is 5.75 Å². The number of ether oxygens (including phenoxy) is 1. The van der Waals surface area contributed by atoms with Crippen LogP contribution in [0.3, 0.4) is 0 Å². The van der Waals surface area contributed by atoms with Crippen molar-refractivity contribution in [2.75, 3.05) is 26.3 Å². The highest BCUT2D eigenvalue weighted by atomic mass is 16.6. The molecule has 0 aliphatic heterocycles. The Kier molecular flexibility index (Phi) is 5.92. The number of benzene rings is 1. The lowest BCUT2D eigenvalue weighted by Gasteiger charge is -2.21. The van der Waals surface area contributed by atoms with E-state index in [4.69, 9.17) is 4.74 Å². The van der Waals surface area contributed by atoms with Gasteiger partial charge in [0.1, 0.15) is 0 Å². The third-order valence-corrected chi connectivity index (χ3v) is 2.82. The topological polar surface area (TPSA) is 92.9 Å². The maximum absolute atomic E-state index is 12.3. The van der Waals surface area contributed by atoms with Gasteiger partial charge in [0.05, 0.1) is 17.1 Å². The molecular weight excluding hydrogens is 264 g/mol. The van der Waals surface area contributed by atoms with Crippen LogP contribution in [0.1, 0.15) is 24.2 Å². The van der Waals surface area contributed by atoms with Gasteiger partial charge in [0, 0.05) is 25.8 Å². The van der Waals surface area contributed by atoms with Gasteiger partial charge in [0.25, 0.3) is 5.91 Å². The minimum atomic E-state index is -0.720. The average molecular weight is 282 g/mol. The molecular formula is C13H18N2O5. The molecule has 0 saturated heterocycles. The van der Waals surface area contributed by atoms with E-state index in [1.54, 1.807) is 6.92 Å². The van der Waals surface area contributed by atoms with Crippen molar-refractivity contribution in [1.29, 1.82) is 0 Å². The number of likely N-dealkylation sites (N-methyl/N-ethyl adjacent to an activating group) is 1. The molecule has 0 atom stereocenters. The number of aromatic hydroxyl groups is 1. The van der Waals surface area contributed by atoms with E-state index < -0.39 is 22.3 Å². The summed E-state index contributed by atoms with van der Waals surface area (Å²) >= 11 is 0. The van der Waals surface area contributed by atoms with E-state index in [2.05, 4.69) is 0 Å². The van der Waals surface area contributed by atoms with Gasteiger partial charge in [-0.25, -0.2) is 0 Å². The number of amides is 1. The molecule has 0 aliphatic carbocycles. The van der Waals surface area contributed by atoms with Crippen LogP contribution < -0.4 is 0 Å². The summed E-state index contributed by atoms with van der Waals surface area (Å²) in [6.45, 7) is 5.36. The monoisotopic (exact) mass is 282 g/mol. The summed E-state index contributed by atoms with van der Waals surface area (Å²) in [7, 11) is 0. The molecule has 0 fully saturated rings. The van der Waals surface area contributed by atoms with Gasteiger partial charge >= 0.3 is 5.69 Å². The average Bonchev–Trinajstić information content (AvgIpc) is 2.43. The first-order valence-corrected chi connectivity index (χ1v) is 6.36. The Morgan fingerprint density at radius 1 is 1.45 bits per heavy atom. The molecule has 0 spiro atoms. The molecule has 20 heavy (non-hydrogen) atoms. The zero-order valence-corrected chi connectivity index (χ0v) is 11.5. The fraction of sp³-hybridized carbons (Fsp3) is 0.462. The molecule has 1 amide bonds. The van der Waals surface area contributed by atoms with Gasteiger partial charge in [-0.3, -0.25) is 14.9 Å². The van der Waals surface area contributed by atoms with E-state index in [0.29, 0.717) is 26.3 Å². The Hall–Kier alpha value is -2.15. The van der Waals surface area contributed by atoms with Crippen molar-refractivity contribution < 1.29 is 19.6 Å². The Bertz CT molecular complexity index is 490. The summed E-state index contributed by atoms with van der Waals surface area (Å²) in [5.41, 5.74) is -0.547. The number of phenolic OH excluding ortho intramolecular Hbond substituents is 1. The Morgan fingerprint density at radius 3 is 2.70 bits per heavy atom.